The van der Waals surface area contributed by atoms with E-state index in [1.54, 1.807) is 18.2 Å². The first-order chi connectivity index (χ1) is 14.3. The van der Waals surface area contributed by atoms with Crippen molar-refractivity contribution in [3.8, 4) is 0 Å². The molecule has 0 saturated carbocycles. The molecule has 0 aliphatic heterocycles. The molecule has 1 heterocycles. The summed E-state index contributed by atoms with van der Waals surface area (Å²) in [6.45, 7) is 2.49. The Balaban J connectivity index is 1.56. The van der Waals surface area contributed by atoms with Crippen LogP contribution in [0.4, 0.5) is 18.9 Å². The number of carbonyl (C=O) groups excluding carboxylic acids is 1. The summed E-state index contributed by atoms with van der Waals surface area (Å²) in [5.41, 5.74) is 9.06. The van der Waals surface area contributed by atoms with E-state index in [4.69, 9.17) is 5.73 Å². The van der Waals surface area contributed by atoms with E-state index in [1.807, 2.05) is 6.07 Å². The van der Waals surface area contributed by atoms with E-state index in [9.17, 15) is 18.0 Å². The lowest BCUT2D eigenvalue weighted by molar-refractivity contribution is -0.137. The molecule has 0 bridgehead atoms. The second kappa shape index (κ2) is 9.15. The minimum Gasteiger partial charge on any atom is -0.398 e. The molecule has 0 unspecified atom stereocenters. The van der Waals surface area contributed by atoms with Crippen LogP contribution in [0.2, 0.25) is 0 Å². The van der Waals surface area contributed by atoms with E-state index in [0.717, 1.165) is 47.1 Å². The number of aryl methyl sites for hydroxylation is 2. The van der Waals surface area contributed by atoms with Gasteiger partial charge < -0.3 is 11.1 Å². The highest BCUT2D eigenvalue weighted by Gasteiger charge is 2.29. The minimum absolute atomic E-state index is 0.221. The Kier molecular flexibility index (Phi) is 6.59. The Labute approximate surface area is 173 Å². The summed E-state index contributed by atoms with van der Waals surface area (Å²) < 4.78 is 37.8. The van der Waals surface area contributed by atoms with Gasteiger partial charge in [-0.1, -0.05) is 25.5 Å². The molecule has 3 aromatic rings. The number of halogens is 3. The SMILES string of the molecule is CCCc1cc(N)c2cc(C(=O)NCCCc3ccc(C(F)(F)F)cc3)ccc2n1. The van der Waals surface area contributed by atoms with Crippen LogP contribution < -0.4 is 11.1 Å². The lowest BCUT2D eigenvalue weighted by Crippen LogP contribution is -2.24. The van der Waals surface area contributed by atoms with Crippen molar-refractivity contribution in [2.75, 3.05) is 12.3 Å². The second-order valence-corrected chi connectivity index (χ2v) is 7.24. The quantitative estimate of drug-likeness (QED) is 0.525. The van der Waals surface area contributed by atoms with Gasteiger partial charge in [0, 0.05) is 28.9 Å². The van der Waals surface area contributed by atoms with Gasteiger partial charge in [-0.15, -0.1) is 0 Å². The van der Waals surface area contributed by atoms with Gasteiger partial charge in [0.1, 0.15) is 0 Å². The molecule has 0 aliphatic carbocycles. The first-order valence-corrected chi connectivity index (χ1v) is 9.91. The van der Waals surface area contributed by atoms with Gasteiger partial charge in [0.2, 0.25) is 0 Å². The van der Waals surface area contributed by atoms with Crippen molar-refractivity contribution < 1.29 is 18.0 Å². The molecule has 1 aromatic heterocycles. The van der Waals surface area contributed by atoms with Crippen LogP contribution in [0.3, 0.4) is 0 Å². The zero-order valence-corrected chi connectivity index (χ0v) is 16.7. The molecular weight excluding hydrogens is 391 g/mol. The van der Waals surface area contributed by atoms with Gasteiger partial charge in [-0.3, -0.25) is 9.78 Å². The summed E-state index contributed by atoms with van der Waals surface area (Å²) in [5, 5.41) is 3.58. The molecule has 0 aliphatic rings. The standard InChI is InChI=1S/C23H24F3N3O/c1-2-4-18-14-20(27)19-13-16(8-11-21(19)29-18)22(30)28-12-3-5-15-6-9-17(10-7-15)23(24,25)26/h6-11,13-14H,2-5,12H2,1H3,(H2,27,29)(H,28,30). The summed E-state index contributed by atoms with van der Waals surface area (Å²) in [5.74, 6) is -0.221. The number of nitrogen functional groups attached to an aromatic ring is 1. The fraction of sp³-hybridized carbons (Fsp3) is 0.304. The average Bonchev–Trinajstić information content (AvgIpc) is 2.71. The maximum atomic E-state index is 12.6. The van der Waals surface area contributed by atoms with Crippen LogP contribution in [0.25, 0.3) is 10.9 Å². The van der Waals surface area contributed by atoms with Gasteiger partial charge >= 0.3 is 6.18 Å². The van der Waals surface area contributed by atoms with Gasteiger partial charge in [0.15, 0.2) is 0 Å². The molecule has 3 rings (SSSR count). The molecule has 4 nitrogen and oxygen atoms in total. The van der Waals surface area contributed by atoms with E-state index in [1.165, 1.54) is 12.1 Å². The number of amides is 1. The molecular formula is C23H24F3N3O. The molecule has 2 aromatic carbocycles. The first kappa shape index (κ1) is 21.6. The number of pyridine rings is 1. The smallest absolute Gasteiger partial charge is 0.398 e. The number of anilines is 1. The number of nitrogens with one attached hydrogen (secondary N) is 1. The summed E-state index contributed by atoms with van der Waals surface area (Å²) in [6.07, 6.45) is -1.31. The lowest BCUT2D eigenvalue weighted by Gasteiger charge is -2.10. The van der Waals surface area contributed by atoms with Gasteiger partial charge in [-0.2, -0.15) is 13.2 Å². The number of nitrogens with two attached hydrogens (primary N) is 1. The predicted molar refractivity (Wildman–Crippen MR) is 112 cm³/mol. The Morgan fingerprint density at radius 3 is 2.47 bits per heavy atom. The monoisotopic (exact) mass is 415 g/mol. The number of rotatable bonds is 7. The third-order valence-corrected chi connectivity index (χ3v) is 4.87. The van der Waals surface area contributed by atoms with Crippen molar-refractivity contribution >= 4 is 22.5 Å². The molecule has 7 heteroatoms. The Morgan fingerprint density at radius 2 is 1.80 bits per heavy atom. The number of benzene rings is 2. The van der Waals surface area contributed by atoms with Gasteiger partial charge in [-0.05, 0) is 61.2 Å². The van der Waals surface area contributed by atoms with Crippen molar-refractivity contribution in [3.63, 3.8) is 0 Å². The Morgan fingerprint density at radius 1 is 1.07 bits per heavy atom. The summed E-state index contributed by atoms with van der Waals surface area (Å²) in [4.78, 5) is 17.0. The molecule has 3 N–H and O–H groups in total. The summed E-state index contributed by atoms with van der Waals surface area (Å²) in [6, 6.07) is 12.2. The molecule has 0 saturated heterocycles. The van der Waals surface area contributed by atoms with Crippen molar-refractivity contribution in [1.29, 1.82) is 0 Å². The number of nitrogens with zero attached hydrogens (tertiary/aromatic N) is 1. The largest absolute Gasteiger partial charge is 0.416 e. The summed E-state index contributed by atoms with van der Waals surface area (Å²) in [7, 11) is 0. The fourth-order valence-corrected chi connectivity index (χ4v) is 3.29. The topological polar surface area (TPSA) is 68.0 Å². The minimum atomic E-state index is -4.33. The van der Waals surface area contributed by atoms with E-state index >= 15 is 0 Å². The highest BCUT2D eigenvalue weighted by molar-refractivity contribution is 6.00. The van der Waals surface area contributed by atoms with Crippen molar-refractivity contribution in [2.45, 2.75) is 38.8 Å². The highest BCUT2D eigenvalue weighted by atomic mass is 19.4. The van der Waals surface area contributed by atoms with E-state index in [2.05, 4.69) is 17.2 Å². The Bertz CT molecular complexity index is 1030. The lowest BCUT2D eigenvalue weighted by atomic mass is 10.1. The van der Waals surface area contributed by atoms with E-state index in [0.29, 0.717) is 30.6 Å². The third kappa shape index (κ3) is 5.28. The number of carbonyl (C=O) groups is 1. The maximum Gasteiger partial charge on any atom is 0.416 e. The molecule has 1 amide bonds. The molecule has 0 atom stereocenters. The van der Waals surface area contributed by atoms with Crippen LogP contribution in [-0.2, 0) is 19.0 Å². The number of hydrogen-bond acceptors (Lipinski definition) is 3. The number of alkyl halides is 3. The van der Waals surface area contributed by atoms with Gasteiger partial charge in [0.05, 0.1) is 11.1 Å². The number of aromatic nitrogens is 1. The fourth-order valence-electron chi connectivity index (χ4n) is 3.29. The van der Waals surface area contributed by atoms with Crippen LogP contribution in [0, 0.1) is 0 Å². The molecule has 0 fully saturated rings. The number of fused-ring (bicyclic) bond motifs is 1. The van der Waals surface area contributed by atoms with Crippen LogP contribution >= 0.6 is 0 Å². The first-order valence-electron chi connectivity index (χ1n) is 9.91. The van der Waals surface area contributed by atoms with Crippen molar-refractivity contribution in [2.24, 2.45) is 0 Å². The van der Waals surface area contributed by atoms with Gasteiger partial charge in [0.25, 0.3) is 5.91 Å². The zero-order valence-electron chi connectivity index (χ0n) is 16.7. The summed E-state index contributed by atoms with van der Waals surface area (Å²) >= 11 is 0. The van der Waals surface area contributed by atoms with Crippen molar-refractivity contribution in [3.05, 3.63) is 70.9 Å². The third-order valence-electron chi connectivity index (χ3n) is 4.87. The predicted octanol–water partition coefficient (Wildman–Crippen LogP) is 5.15. The van der Waals surface area contributed by atoms with Crippen molar-refractivity contribution in [1.82, 2.24) is 10.3 Å². The van der Waals surface area contributed by atoms with Crippen LogP contribution in [0.5, 0.6) is 0 Å². The van der Waals surface area contributed by atoms with Crippen LogP contribution in [0.15, 0.2) is 48.5 Å². The maximum absolute atomic E-state index is 12.6. The molecule has 0 spiro atoms. The zero-order chi connectivity index (χ0) is 21.7. The van der Waals surface area contributed by atoms with E-state index < -0.39 is 11.7 Å². The molecule has 0 radical (unpaired) electrons. The molecule has 158 valence electrons. The Hall–Kier alpha value is -3.09. The van der Waals surface area contributed by atoms with Crippen LogP contribution in [0.1, 0.15) is 46.9 Å². The van der Waals surface area contributed by atoms with Gasteiger partial charge in [-0.25, -0.2) is 0 Å². The molecule has 30 heavy (non-hydrogen) atoms. The average molecular weight is 415 g/mol. The number of hydrogen-bond donors (Lipinski definition) is 2. The normalized spacial score (nSPS) is 11.6. The second-order valence-electron chi connectivity index (χ2n) is 7.24. The van der Waals surface area contributed by atoms with E-state index in [-0.39, 0.29) is 5.91 Å². The highest BCUT2D eigenvalue weighted by Crippen LogP contribution is 2.29. The van der Waals surface area contributed by atoms with Crippen LogP contribution in [-0.4, -0.2) is 17.4 Å².